The first-order valence-electron chi connectivity index (χ1n) is 5.39. The highest BCUT2D eigenvalue weighted by atomic mass is 16.5. The fourth-order valence-electron chi connectivity index (χ4n) is 1.51. The highest BCUT2D eigenvalue weighted by Crippen LogP contribution is 2.21. The SMILES string of the molecule is COc1cc(C(=O)NCc2cnc[nH]2)ccc1N. The van der Waals surface area contributed by atoms with E-state index >= 15 is 0 Å². The number of carbonyl (C=O) groups excluding carboxylic acids is 1. The van der Waals surface area contributed by atoms with Gasteiger partial charge >= 0.3 is 0 Å². The normalized spacial score (nSPS) is 10.1. The van der Waals surface area contributed by atoms with Crippen molar-refractivity contribution in [2.75, 3.05) is 12.8 Å². The second kappa shape index (κ2) is 5.22. The summed E-state index contributed by atoms with van der Waals surface area (Å²) in [6, 6.07) is 4.90. The molecule has 2 aromatic rings. The molecule has 1 heterocycles. The number of carbonyl (C=O) groups is 1. The van der Waals surface area contributed by atoms with Gasteiger partial charge in [-0.1, -0.05) is 0 Å². The van der Waals surface area contributed by atoms with E-state index in [1.807, 2.05) is 0 Å². The molecule has 2 rings (SSSR count). The van der Waals surface area contributed by atoms with Gasteiger partial charge in [0.2, 0.25) is 0 Å². The third kappa shape index (κ3) is 2.60. The number of rotatable bonds is 4. The van der Waals surface area contributed by atoms with Gasteiger partial charge in [-0.05, 0) is 18.2 Å². The zero-order valence-corrected chi connectivity index (χ0v) is 9.93. The fraction of sp³-hybridized carbons (Fsp3) is 0.167. The molecular weight excluding hydrogens is 232 g/mol. The van der Waals surface area contributed by atoms with Gasteiger partial charge in [0, 0.05) is 11.8 Å². The van der Waals surface area contributed by atoms with Crippen LogP contribution in [0.2, 0.25) is 0 Å². The predicted molar refractivity (Wildman–Crippen MR) is 67.2 cm³/mol. The highest BCUT2D eigenvalue weighted by molar-refractivity contribution is 5.95. The quantitative estimate of drug-likeness (QED) is 0.700. The summed E-state index contributed by atoms with van der Waals surface area (Å²) >= 11 is 0. The van der Waals surface area contributed by atoms with E-state index in [9.17, 15) is 4.79 Å². The van der Waals surface area contributed by atoms with Crippen LogP contribution in [0.25, 0.3) is 0 Å². The number of methoxy groups -OCH3 is 1. The highest BCUT2D eigenvalue weighted by Gasteiger charge is 2.08. The molecule has 94 valence electrons. The van der Waals surface area contributed by atoms with Crippen LogP contribution in [0, 0.1) is 0 Å². The van der Waals surface area contributed by atoms with Crippen LogP contribution in [0.3, 0.4) is 0 Å². The van der Waals surface area contributed by atoms with Crippen LogP contribution in [0.1, 0.15) is 16.1 Å². The molecule has 6 nitrogen and oxygen atoms in total. The molecule has 1 amide bonds. The number of nitrogen functional groups attached to an aromatic ring is 1. The van der Waals surface area contributed by atoms with Gasteiger partial charge in [0.25, 0.3) is 5.91 Å². The van der Waals surface area contributed by atoms with Gasteiger partial charge in [-0.25, -0.2) is 4.98 Å². The molecule has 18 heavy (non-hydrogen) atoms. The summed E-state index contributed by atoms with van der Waals surface area (Å²) in [5, 5.41) is 2.77. The maximum atomic E-state index is 11.9. The van der Waals surface area contributed by atoms with Crippen molar-refractivity contribution in [3.8, 4) is 5.75 Å². The summed E-state index contributed by atoms with van der Waals surface area (Å²) in [4.78, 5) is 18.7. The van der Waals surface area contributed by atoms with E-state index in [2.05, 4.69) is 15.3 Å². The van der Waals surface area contributed by atoms with Crippen molar-refractivity contribution in [3.05, 3.63) is 42.0 Å². The summed E-state index contributed by atoms with van der Waals surface area (Å²) in [6.07, 6.45) is 3.22. The van der Waals surface area contributed by atoms with Crippen LogP contribution in [0.5, 0.6) is 5.75 Å². The van der Waals surface area contributed by atoms with Gasteiger partial charge in [0.05, 0.1) is 31.4 Å². The van der Waals surface area contributed by atoms with Crippen LogP contribution < -0.4 is 15.8 Å². The van der Waals surface area contributed by atoms with Gasteiger partial charge in [-0.15, -0.1) is 0 Å². The number of nitrogens with two attached hydrogens (primary N) is 1. The molecule has 6 heteroatoms. The van der Waals surface area contributed by atoms with Crippen molar-refractivity contribution < 1.29 is 9.53 Å². The molecule has 0 aliphatic heterocycles. The van der Waals surface area contributed by atoms with Gasteiger partial charge in [0.1, 0.15) is 5.75 Å². The minimum atomic E-state index is -0.192. The molecule has 0 bridgehead atoms. The number of H-pyrrole nitrogens is 1. The molecule has 1 aromatic carbocycles. The van der Waals surface area contributed by atoms with Crippen LogP contribution in [0.15, 0.2) is 30.7 Å². The third-order valence-electron chi connectivity index (χ3n) is 2.49. The average molecular weight is 246 g/mol. The Hall–Kier alpha value is -2.50. The van der Waals surface area contributed by atoms with Gasteiger partial charge in [0.15, 0.2) is 0 Å². The fourth-order valence-corrected chi connectivity index (χ4v) is 1.51. The largest absolute Gasteiger partial charge is 0.495 e. The number of ether oxygens (including phenoxy) is 1. The second-order valence-corrected chi connectivity index (χ2v) is 3.72. The lowest BCUT2D eigenvalue weighted by Crippen LogP contribution is -2.23. The monoisotopic (exact) mass is 246 g/mol. The van der Waals surface area contributed by atoms with E-state index in [0.717, 1.165) is 5.69 Å². The Labute approximate surface area is 104 Å². The molecule has 4 N–H and O–H groups in total. The van der Waals surface area contributed by atoms with Crippen molar-refractivity contribution in [2.45, 2.75) is 6.54 Å². The summed E-state index contributed by atoms with van der Waals surface area (Å²) < 4.78 is 5.07. The van der Waals surface area contributed by atoms with E-state index in [1.165, 1.54) is 7.11 Å². The lowest BCUT2D eigenvalue weighted by molar-refractivity contribution is 0.0950. The van der Waals surface area contributed by atoms with Gasteiger partial charge in [-0.3, -0.25) is 4.79 Å². The Kier molecular flexibility index (Phi) is 3.47. The number of anilines is 1. The average Bonchev–Trinajstić information content (AvgIpc) is 2.89. The summed E-state index contributed by atoms with van der Waals surface area (Å²) in [5.41, 5.74) is 7.52. The van der Waals surface area contributed by atoms with Crippen LogP contribution in [-0.4, -0.2) is 23.0 Å². The number of amides is 1. The van der Waals surface area contributed by atoms with E-state index < -0.39 is 0 Å². The minimum Gasteiger partial charge on any atom is -0.495 e. The third-order valence-corrected chi connectivity index (χ3v) is 2.49. The Morgan fingerprint density at radius 3 is 3.06 bits per heavy atom. The van der Waals surface area contributed by atoms with Gasteiger partial charge in [-0.2, -0.15) is 0 Å². The zero-order valence-electron chi connectivity index (χ0n) is 9.93. The number of benzene rings is 1. The number of nitrogens with zero attached hydrogens (tertiary/aromatic N) is 1. The molecule has 0 atom stereocenters. The summed E-state index contributed by atoms with van der Waals surface area (Å²) in [6.45, 7) is 0.394. The number of hydrogen-bond donors (Lipinski definition) is 3. The maximum absolute atomic E-state index is 11.9. The Bertz CT molecular complexity index is 537. The van der Waals surface area contributed by atoms with Crippen LogP contribution in [-0.2, 0) is 6.54 Å². The lowest BCUT2D eigenvalue weighted by atomic mass is 10.2. The lowest BCUT2D eigenvalue weighted by Gasteiger charge is -2.07. The standard InChI is InChI=1S/C12H14N4O2/c1-18-11-4-8(2-3-10(11)13)12(17)15-6-9-5-14-7-16-9/h2-5,7H,6,13H2,1H3,(H,14,16)(H,15,17). The van der Waals surface area contributed by atoms with Crippen molar-refractivity contribution >= 4 is 11.6 Å². The number of aromatic nitrogens is 2. The predicted octanol–water partition coefficient (Wildman–Crippen LogP) is 0.931. The zero-order chi connectivity index (χ0) is 13.0. The second-order valence-electron chi connectivity index (χ2n) is 3.72. The topological polar surface area (TPSA) is 93.0 Å². The molecular formula is C12H14N4O2. The molecule has 0 unspecified atom stereocenters. The van der Waals surface area contributed by atoms with E-state index in [0.29, 0.717) is 23.5 Å². The van der Waals surface area contributed by atoms with E-state index in [1.54, 1.807) is 30.7 Å². The van der Waals surface area contributed by atoms with Crippen molar-refractivity contribution in [1.29, 1.82) is 0 Å². The molecule has 0 fully saturated rings. The Balaban J connectivity index is 2.04. The number of aromatic amines is 1. The first-order chi connectivity index (χ1) is 8.70. The molecule has 0 saturated heterocycles. The molecule has 0 aliphatic carbocycles. The maximum Gasteiger partial charge on any atom is 0.251 e. The molecule has 0 radical (unpaired) electrons. The summed E-state index contributed by atoms with van der Waals surface area (Å²) in [7, 11) is 1.51. The van der Waals surface area contributed by atoms with E-state index in [-0.39, 0.29) is 5.91 Å². The summed E-state index contributed by atoms with van der Waals surface area (Å²) in [5.74, 6) is 0.298. The smallest absolute Gasteiger partial charge is 0.251 e. The minimum absolute atomic E-state index is 0.192. The van der Waals surface area contributed by atoms with Crippen LogP contribution >= 0.6 is 0 Å². The van der Waals surface area contributed by atoms with Gasteiger partial charge < -0.3 is 20.8 Å². The van der Waals surface area contributed by atoms with Crippen molar-refractivity contribution in [2.24, 2.45) is 0 Å². The van der Waals surface area contributed by atoms with Crippen molar-refractivity contribution in [3.63, 3.8) is 0 Å². The van der Waals surface area contributed by atoms with Crippen LogP contribution in [0.4, 0.5) is 5.69 Å². The Morgan fingerprint density at radius 1 is 1.56 bits per heavy atom. The molecule has 1 aromatic heterocycles. The first kappa shape index (κ1) is 12.0. The molecule has 0 saturated carbocycles. The number of nitrogens with one attached hydrogen (secondary N) is 2. The number of imidazole rings is 1. The molecule has 0 spiro atoms. The van der Waals surface area contributed by atoms with Crippen molar-refractivity contribution in [1.82, 2.24) is 15.3 Å². The Morgan fingerprint density at radius 2 is 2.39 bits per heavy atom. The number of hydrogen-bond acceptors (Lipinski definition) is 4. The first-order valence-corrected chi connectivity index (χ1v) is 5.39. The van der Waals surface area contributed by atoms with E-state index in [4.69, 9.17) is 10.5 Å². The molecule has 0 aliphatic rings.